The van der Waals surface area contributed by atoms with E-state index < -0.39 is 0 Å². The molecule has 1 fully saturated rings. The quantitative estimate of drug-likeness (QED) is 0.535. The molecule has 1 aliphatic rings. The molecule has 0 bridgehead atoms. The standard InChI is InChI=1S/C24H32N4O3/c1-31-16-8-13-25-23(29)21-17-20(11-12-22(21)28-14-6-3-7-15-28)27-24(30)26-18-19-9-4-2-5-10-19/h2,4-5,9-12,17H,3,6-8,13-16,18H2,1H3,(H,25,29)(H2,26,27,30). The van der Waals surface area contributed by atoms with E-state index in [4.69, 9.17) is 4.74 Å². The molecule has 0 radical (unpaired) electrons. The zero-order chi connectivity index (χ0) is 21.9. The van der Waals surface area contributed by atoms with Crippen LogP contribution in [0, 0.1) is 0 Å². The number of ether oxygens (including phenoxy) is 1. The van der Waals surface area contributed by atoms with Gasteiger partial charge in [0.25, 0.3) is 5.91 Å². The second-order valence-electron chi connectivity index (χ2n) is 7.68. The fraction of sp³-hybridized carbons (Fsp3) is 0.417. The summed E-state index contributed by atoms with van der Waals surface area (Å²) in [6.07, 6.45) is 4.21. The number of hydrogen-bond donors (Lipinski definition) is 3. The molecule has 1 heterocycles. The number of carbonyl (C=O) groups excluding carboxylic acids is 2. The first-order valence-corrected chi connectivity index (χ1v) is 10.9. The van der Waals surface area contributed by atoms with Crippen molar-refractivity contribution in [2.75, 3.05) is 43.6 Å². The number of nitrogens with zero attached hydrogens (tertiary/aromatic N) is 1. The minimum Gasteiger partial charge on any atom is -0.385 e. The molecule has 0 aromatic heterocycles. The highest BCUT2D eigenvalue weighted by molar-refractivity contribution is 6.02. The Morgan fingerprint density at radius 2 is 1.77 bits per heavy atom. The minimum atomic E-state index is -0.305. The van der Waals surface area contributed by atoms with Crippen LogP contribution in [0.4, 0.5) is 16.2 Å². The molecule has 166 valence electrons. The van der Waals surface area contributed by atoms with Crippen LogP contribution in [0.3, 0.4) is 0 Å². The lowest BCUT2D eigenvalue weighted by Crippen LogP contribution is -2.33. The van der Waals surface area contributed by atoms with Crippen LogP contribution in [0.15, 0.2) is 48.5 Å². The molecule has 31 heavy (non-hydrogen) atoms. The van der Waals surface area contributed by atoms with Crippen molar-refractivity contribution >= 4 is 23.3 Å². The lowest BCUT2D eigenvalue weighted by atomic mass is 10.1. The topological polar surface area (TPSA) is 82.7 Å². The summed E-state index contributed by atoms with van der Waals surface area (Å²) >= 11 is 0. The largest absolute Gasteiger partial charge is 0.385 e. The van der Waals surface area contributed by atoms with Gasteiger partial charge in [0.1, 0.15) is 0 Å². The maximum Gasteiger partial charge on any atom is 0.319 e. The predicted octanol–water partition coefficient (Wildman–Crippen LogP) is 3.76. The van der Waals surface area contributed by atoms with Gasteiger partial charge < -0.3 is 25.6 Å². The van der Waals surface area contributed by atoms with Crippen LogP contribution in [0.5, 0.6) is 0 Å². The Hall–Kier alpha value is -3.06. The first-order chi connectivity index (χ1) is 15.2. The van der Waals surface area contributed by atoms with E-state index >= 15 is 0 Å². The molecule has 2 aromatic rings. The molecule has 3 rings (SSSR count). The smallest absolute Gasteiger partial charge is 0.319 e. The number of anilines is 2. The minimum absolute atomic E-state index is 0.134. The number of urea groups is 1. The fourth-order valence-corrected chi connectivity index (χ4v) is 3.67. The lowest BCUT2D eigenvalue weighted by molar-refractivity contribution is 0.0949. The Balaban J connectivity index is 1.68. The molecule has 2 aromatic carbocycles. The Morgan fingerprint density at radius 1 is 1.00 bits per heavy atom. The first kappa shape index (κ1) is 22.6. The van der Waals surface area contributed by atoms with E-state index in [1.165, 1.54) is 6.42 Å². The molecule has 3 N–H and O–H groups in total. The third-order valence-electron chi connectivity index (χ3n) is 5.30. The molecule has 7 nitrogen and oxygen atoms in total. The maximum absolute atomic E-state index is 12.9. The van der Waals surface area contributed by atoms with E-state index in [9.17, 15) is 9.59 Å². The van der Waals surface area contributed by atoms with E-state index in [2.05, 4.69) is 20.9 Å². The van der Waals surface area contributed by atoms with Gasteiger partial charge in [0.15, 0.2) is 0 Å². The summed E-state index contributed by atoms with van der Waals surface area (Å²) in [5.41, 5.74) is 3.11. The Labute approximate surface area is 184 Å². The van der Waals surface area contributed by atoms with E-state index in [1.54, 1.807) is 13.2 Å². The van der Waals surface area contributed by atoms with Gasteiger partial charge in [-0.3, -0.25) is 4.79 Å². The summed E-state index contributed by atoms with van der Waals surface area (Å²) in [5.74, 6) is -0.134. The molecule has 7 heteroatoms. The third kappa shape index (κ3) is 7.00. The van der Waals surface area contributed by atoms with Crippen LogP contribution in [-0.4, -0.2) is 45.3 Å². The highest BCUT2D eigenvalue weighted by Crippen LogP contribution is 2.27. The average molecular weight is 425 g/mol. The van der Waals surface area contributed by atoms with Gasteiger partial charge in [-0.2, -0.15) is 0 Å². The van der Waals surface area contributed by atoms with Gasteiger partial charge in [-0.05, 0) is 49.4 Å². The summed E-state index contributed by atoms with van der Waals surface area (Å²) in [5, 5.41) is 8.66. The SMILES string of the molecule is COCCCNC(=O)c1cc(NC(=O)NCc2ccccc2)ccc1N1CCCCC1. The van der Waals surface area contributed by atoms with Crippen molar-refractivity contribution in [2.45, 2.75) is 32.2 Å². The van der Waals surface area contributed by atoms with Crippen LogP contribution in [0.25, 0.3) is 0 Å². The van der Waals surface area contributed by atoms with Crippen LogP contribution >= 0.6 is 0 Å². The molecular weight excluding hydrogens is 392 g/mol. The van der Waals surface area contributed by atoms with Crippen LogP contribution in [0.1, 0.15) is 41.6 Å². The summed E-state index contributed by atoms with van der Waals surface area (Å²) in [7, 11) is 1.65. The number of piperidine rings is 1. The second-order valence-corrected chi connectivity index (χ2v) is 7.68. The highest BCUT2D eigenvalue weighted by atomic mass is 16.5. The van der Waals surface area contributed by atoms with Crippen LogP contribution in [-0.2, 0) is 11.3 Å². The van der Waals surface area contributed by atoms with Crippen molar-refractivity contribution < 1.29 is 14.3 Å². The molecular formula is C24H32N4O3. The average Bonchev–Trinajstić information content (AvgIpc) is 2.81. The molecule has 0 unspecified atom stereocenters. The number of methoxy groups -OCH3 is 1. The third-order valence-corrected chi connectivity index (χ3v) is 5.30. The number of hydrogen-bond acceptors (Lipinski definition) is 4. The second kappa shape index (κ2) is 12.0. The van der Waals surface area contributed by atoms with Crippen molar-refractivity contribution in [1.29, 1.82) is 0 Å². The molecule has 1 aliphatic heterocycles. The van der Waals surface area contributed by atoms with E-state index in [-0.39, 0.29) is 11.9 Å². The Bertz CT molecular complexity index is 851. The monoisotopic (exact) mass is 424 g/mol. The molecule has 0 aliphatic carbocycles. The first-order valence-electron chi connectivity index (χ1n) is 10.9. The van der Waals surface area contributed by atoms with Crippen LogP contribution < -0.4 is 20.9 Å². The van der Waals surface area contributed by atoms with Gasteiger partial charge >= 0.3 is 6.03 Å². The van der Waals surface area contributed by atoms with Crippen molar-refractivity contribution in [2.24, 2.45) is 0 Å². The summed E-state index contributed by atoms with van der Waals surface area (Å²) in [6.45, 7) is 3.46. The van der Waals surface area contributed by atoms with Crippen molar-refractivity contribution in [1.82, 2.24) is 10.6 Å². The maximum atomic E-state index is 12.9. The van der Waals surface area contributed by atoms with Crippen LogP contribution in [0.2, 0.25) is 0 Å². The highest BCUT2D eigenvalue weighted by Gasteiger charge is 2.19. The number of amides is 3. The zero-order valence-corrected chi connectivity index (χ0v) is 18.2. The van der Waals surface area contributed by atoms with Gasteiger partial charge in [-0.1, -0.05) is 30.3 Å². The zero-order valence-electron chi connectivity index (χ0n) is 18.2. The normalized spacial score (nSPS) is 13.5. The van der Waals surface area contributed by atoms with E-state index in [1.807, 2.05) is 42.5 Å². The lowest BCUT2D eigenvalue weighted by Gasteiger charge is -2.30. The van der Waals surface area contributed by atoms with E-state index in [0.29, 0.717) is 30.9 Å². The Morgan fingerprint density at radius 3 is 2.52 bits per heavy atom. The summed E-state index contributed by atoms with van der Waals surface area (Å²) in [4.78, 5) is 27.5. The van der Waals surface area contributed by atoms with Gasteiger partial charge in [0, 0.05) is 51.3 Å². The van der Waals surface area contributed by atoms with E-state index in [0.717, 1.165) is 43.6 Å². The number of rotatable bonds is 9. The molecule has 0 spiro atoms. The predicted molar refractivity (Wildman–Crippen MR) is 124 cm³/mol. The number of benzene rings is 2. The fourth-order valence-electron chi connectivity index (χ4n) is 3.67. The van der Waals surface area contributed by atoms with Crippen molar-refractivity contribution in [3.8, 4) is 0 Å². The summed E-state index contributed by atoms with van der Waals surface area (Å²) in [6, 6.07) is 15.0. The molecule has 0 atom stereocenters. The van der Waals surface area contributed by atoms with Crippen molar-refractivity contribution in [3.63, 3.8) is 0 Å². The van der Waals surface area contributed by atoms with Gasteiger partial charge in [-0.15, -0.1) is 0 Å². The van der Waals surface area contributed by atoms with Gasteiger partial charge in [0.05, 0.1) is 5.56 Å². The molecule has 3 amide bonds. The number of nitrogens with one attached hydrogen (secondary N) is 3. The Kier molecular flexibility index (Phi) is 8.72. The van der Waals surface area contributed by atoms with Crippen molar-refractivity contribution in [3.05, 3.63) is 59.7 Å². The van der Waals surface area contributed by atoms with Gasteiger partial charge in [0.2, 0.25) is 0 Å². The molecule has 1 saturated heterocycles. The summed E-state index contributed by atoms with van der Waals surface area (Å²) < 4.78 is 5.05. The van der Waals surface area contributed by atoms with Gasteiger partial charge in [-0.25, -0.2) is 4.79 Å². The molecule has 0 saturated carbocycles. The number of carbonyl (C=O) groups is 2.